The van der Waals surface area contributed by atoms with Crippen LogP contribution in [-0.4, -0.2) is 23.7 Å². The van der Waals surface area contributed by atoms with Crippen LogP contribution in [-0.2, 0) is 4.79 Å². The summed E-state index contributed by atoms with van der Waals surface area (Å²) in [7, 11) is 0. The summed E-state index contributed by atoms with van der Waals surface area (Å²) in [4.78, 5) is 10.5. The Hall–Kier alpha value is -0.570. The third kappa shape index (κ3) is 1.93. The minimum atomic E-state index is -0.770. The van der Waals surface area contributed by atoms with Crippen LogP contribution in [0.3, 0.4) is 0 Å². The Balaban J connectivity index is 2.41. The third-order valence-corrected chi connectivity index (χ3v) is 2.14. The molecule has 11 heavy (non-hydrogen) atoms. The Morgan fingerprint density at radius 2 is 2.36 bits per heavy atom. The van der Waals surface area contributed by atoms with E-state index in [1.807, 2.05) is 6.42 Å². The van der Waals surface area contributed by atoms with Crippen molar-refractivity contribution in [2.75, 3.05) is 6.54 Å². The van der Waals surface area contributed by atoms with Gasteiger partial charge in [-0.1, -0.05) is 13.8 Å². The topological polar surface area (TPSA) is 49.3 Å². The van der Waals surface area contributed by atoms with Crippen LogP contribution in [0.15, 0.2) is 0 Å². The number of rotatable bonds is 2. The van der Waals surface area contributed by atoms with Gasteiger partial charge in [0.15, 0.2) is 0 Å². The van der Waals surface area contributed by atoms with Crippen molar-refractivity contribution in [3.05, 3.63) is 6.42 Å². The van der Waals surface area contributed by atoms with E-state index in [9.17, 15) is 4.79 Å². The van der Waals surface area contributed by atoms with Gasteiger partial charge in [0.2, 0.25) is 0 Å². The van der Waals surface area contributed by atoms with Gasteiger partial charge in [0, 0.05) is 0 Å². The molecule has 2 unspecified atom stereocenters. The first-order valence-electron chi connectivity index (χ1n) is 3.92. The summed E-state index contributed by atoms with van der Waals surface area (Å²) >= 11 is 0. The summed E-state index contributed by atoms with van der Waals surface area (Å²) in [6.45, 7) is 5.01. The highest BCUT2D eigenvalue weighted by molar-refractivity contribution is 5.75. The molecule has 0 saturated carbocycles. The standard InChI is InChI=1S/C8H14NO2/c1-5(2)6-3-7(8(10)11)9-4-6/h3,5-7,9H,4H2,1-2H3,(H,10,11). The van der Waals surface area contributed by atoms with Gasteiger partial charge in [-0.3, -0.25) is 4.79 Å². The highest BCUT2D eigenvalue weighted by Gasteiger charge is 2.30. The fourth-order valence-electron chi connectivity index (χ4n) is 1.27. The van der Waals surface area contributed by atoms with Crippen molar-refractivity contribution in [3.63, 3.8) is 0 Å². The average Bonchev–Trinajstić information content (AvgIpc) is 2.33. The molecule has 0 aromatic rings. The third-order valence-electron chi connectivity index (χ3n) is 2.14. The molecular formula is C8H14NO2. The van der Waals surface area contributed by atoms with Crippen LogP contribution < -0.4 is 5.32 Å². The van der Waals surface area contributed by atoms with Gasteiger partial charge in [0.05, 0.1) is 0 Å². The zero-order valence-electron chi connectivity index (χ0n) is 6.87. The molecule has 1 aliphatic heterocycles. The monoisotopic (exact) mass is 156 g/mol. The second kappa shape index (κ2) is 3.22. The first kappa shape index (κ1) is 8.53. The lowest BCUT2D eigenvalue weighted by atomic mass is 9.93. The van der Waals surface area contributed by atoms with E-state index in [0.717, 1.165) is 6.54 Å². The van der Waals surface area contributed by atoms with Crippen LogP contribution in [0.25, 0.3) is 0 Å². The van der Waals surface area contributed by atoms with Crippen LogP contribution in [0.4, 0.5) is 0 Å². The largest absolute Gasteiger partial charge is 0.480 e. The van der Waals surface area contributed by atoms with Gasteiger partial charge >= 0.3 is 5.97 Å². The van der Waals surface area contributed by atoms with Crippen molar-refractivity contribution in [3.8, 4) is 0 Å². The maximum absolute atomic E-state index is 10.5. The van der Waals surface area contributed by atoms with Gasteiger partial charge in [-0.15, -0.1) is 0 Å². The maximum Gasteiger partial charge on any atom is 0.321 e. The molecule has 0 bridgehead atoms. The van der Waals surface area contributed by atoms with E-state index in [-0.39, 0.29) is 0 Å². The highest BCUT2D eigenvalue weighted by Crippen LogP contribution is 2.20. The minimum Gasteiger partial charge on any atom is -0.480 e. The predicted octanol–water partition coefficient (Wildman–Crippen LogP) is 0.519. The smallest absolute Gasteiger partial charge is 0.321 e. The predicted molar refractivity (Wildman–Crippen MR) is 42.1 cm³/mol. The Morgan fingerprint density at radius 1 is 1.73 bits per heavy atom. The van der Waals surface area contributed by atoms with Crippen LogP contribution >= 0.6 is 0 Å². The van der Waals surface area contributed by atoms with Crippen molar-refractivity contribution in [2.45, 2.75) is 19.9 Å². The van der Waals surface area contributed by atoms with Gasteiger partial charge in [-0.25, -0.2) is 0 Å². The lowest BCUT2D eigenvalue weighted by molar-refractivity contribution is -0.138. The second-order valence-electron chi connectivity index (χ2n) is 3.32. The molecule has 3 heteroatoms. The van der Waals surface area contributed by atoms with Gasteiger partial charge in [-0.2, -0.15) is 0 Å². The normalized spacial score (nSPS) is 31.2. The molecule has 2 N–H and O–H groups in total. The van der Waals surface area contributed by atoms with Crippen LogP contribution in [0.2, 0.25) is 0 Å². The molecule has 1 heterocycles. The summed E-state index contributed by atoms with van der Waals surface area (Å²) in [5.74, 6) is 0.177. The molecule has 2 atom stereocenters. The number of aliphatic carboxylic acids is 1. The summed E-state index contributed by atoms with van der Waals surface area (Å²) in [5.41, 5.74) is 0. The van der Waals surface area contributed by atoms with Crippen molar-refractivity contribution < 1.29 is 9.90 Å². The van der Waals surface area contributed by atoms with E-state index in [1.54, 1.807) is 0 Å². The summed E-state index contributed by atoms with van der Waals surface area (Å²) in [6.07, 6.45) is 1.88. The molecule has 1 fully saturated rings. The fraction of sp³-hybridized carbons (Fsp3) is 0.750. The van der Waals surface area contributed by atoms with E-state index in [1.165, 1.54) is 0 Å². The zero-order valence-corrected chi connectivity index (χ0v) is 6.87. The van der Waals surface area contributed by atoms with Gasteiger partial charge in [-0.05, 0) is 24.8 Å². The second-order valence-corrected chi connectivity index (χ2v) is 3.32. The van der Waals surface area contributed by atoms with E-state index in [4.69, 9.17) is 5.11 Å². The van der Waals surface area contributed by atoms with Crippen molar-refractivity contribution >= 4 is 5.97 Å². The molecule has 63 valence electrons. The number of carboxylic acid groups (broad SMARTS) is 1. The summed E-state index contributed by atoms with van der Waals surface area (Å²) in [5, 5.41) is 11.6. The molecule has 1 saturated heterocycles. The van der Waals surface area contributed by atoms with Gasteiger partial charge in [0.25, 0.3) is 0 Å². The Labute approximate surface area is 66.8 Å². The number of hydrogen-bond acceptors (Lipinski definition) is 2. The molecule has 0 amide bonds. The number of carbonyl (C=O) groups is 1. The molecule has 0 spiro atoms. The molecule has 1 rings (SSSR count). The van der Waals surface area contributed by atoms with Crippen LogP contribution in [0, 0.1) is 18.3 Å². The molecule has 0 aliphatic carbocycles. The minimum absolute atomic E-state index is 0.413. The van der Waals surface area contributed by atoms with Gasteiger partial charge in [0.1, 0.15) is 6.04 Å². The molecular weight excluding hydrogens is 142 g/mol. The quantitative estimate of drug-likeness (QED) is 0.612. The van der Waals surface area contributed by atoms with Crippen molar-refractivity contribution in [1.29, 1.82) is 0 Å². The average molecular weight is 156 g/mol. The van der Waals surface area contributed by atoms with E-state index in [2.05, 4.69) is 19.2 Å². The summed E-state index contributed by atoms with van der Waals surface area (Å²) < 4.78 is 0. The fourth-order valence-corrected chi connectivity index (χ4v) is 1.27. The lowest BCUT2D eigenvalue weighted by Gasteiger charge is -2.10. The SMILES string of the molecule is CC(C)C1[CH]C(C(=O)O)NC1. The number of hydrogen-bond donors (Lipinski definition) is 2. The number of nitrogens with one attached hydrogen (secondary N) is 1. The number of carboxylic acids is 1. The van der Waals surface area contributed by atoms with Crippen molar-refractivity contribution in [2.24, 2.45) is 11.8 Å². The van der Waals surface area contributed by atoms with E-state index < -0.39 is 12.0 Å². The first-order valence-corrected chi connectivity index (χ1v) is 3.92. The Bertz CT molecular complexity index is 156. The molecule has 0 aromatic heterocycles. The van der Waals surface area contributed by atoms with Crippen LogP contribution in [0.1, 0.15) is 13.8 Å². The Kier molecular flexibility index (Phi) is 2.49. The van der Waals surface area contributed by atoms with E-state index in [0.29, 0.717) is 11.8 Å². The van der Waals surface area contributed by atoms with E-state index >= 15 is 0 Å². The van der Waals surface area contributed by atoms with Crippen LogP contribution in [0.5, 0.6) is 0 Å². The lowest BCUT2D eigenvalue weighted by Crippen LogP contribution is -2.30. The van der Waals surface area contributed by atoms with Crippen molar-refractivity contribution in [1.82, 2.24) is 5.32 Å². The molecule has 0 aromatic carbocycles. The highest BCUT2D eigenvalue weighted by atomic mass is 16.4. The first-order chi connectivity index (χ1) is 5.11. The summed E-state index contributed by atoms with van der Waals surface area (Å²) in [6, 6.07) is -0.428. The molecule has 1 aliphatic rings. The Morgan fingerprint density at radius 3 is 2.64 bits per heavy atom. The molecule has 1 radical (unpaired) electrons. The van der Waals surface area contributed by atoms with Gasteiger partial charge < -0.3 is 10.4 Å². The molecule has 3 nitrogen and oxygen atoms in total. The maximum atomic E-state index is 10.5. The zero-order chi connectivity index (χ0) is 8.43.